The molecule has 114 valence electrons. The van der Waals surface area contributed by atoms with Crippen LogP contribution in [0.3, 0.4) is 0 Å². The molecule has 0 saturated heterocycles. The Hall–Kier alpha value is -2.04. The van der Waals surface area contributed by atoms with Crippen molar-refractivity contribution in [3.8, 4) is 0 Å². The normalized spacial score (nSPS) is 14.8. The molecule has 0 bridgehead atoms. The predicted octanol–water partition coefficient (Wildman–Crippen LogP) is -3.52. The van der Waals surface area contributed by atoms with E-state index in [0.29, 0.717) is 0 Å². The van der Waals surface area contributed by atoms with E-state index in [1.165, 1.54) is 6.92 Å². The third-order valence-corrected chi connectivity index (χ3v) is 2.00. The van der Waals surface area contributed by atoms with E-state index in [9.17, 15) is 19.2 Å². The highest BCUT2D eigenvalue weighted by molar-refractivity contribution is 5.93. The molecule has 1 amide bonds. The summed E-state index contributed by atoms with van der Waals surface area (Å²) in [6, 6.07) is -3.61. The van der Waals surface area contributed by atoms with Crippen molar-refractivity contribution in [1.29, 1.82) is 0 Å². The lowest BCUT2D eigenvalue weighted by Gasteiger charge is -2.13. The number of rotatable bonds is 7. The summed E-state index contributed by atoms with van der Waals surface area (Å²) in [6.45, 7) is 0.885. The van der Waals surface area contributed by atoms with Crippen molar-refractivity contribution in [3.05, 3.63) is 0 Å². The fourth-order valence-corrected chi connectivity index (χ4v) is 0.922. The van der Waals surface area contributed by atoms with Gasteiger partial charge in [-0.1, -0.05) is 0 Å². The maximum atomic E-state index is 11.4. The minimum absolute atomic E-state index is 0.471. The molecule has 0 unspecified atom stereocenters. The van der Waals surface area contributed by atoms with Crippen molar-refractivity contribution < 1.29 is 28.7 Å². The molecule has 10 heteroatoms. The zero-order valence-electron chi connectivity index (χ0n) is 10.9. The van der Waals surface area contributed by atoms with E-state index in [2.05, 4.69) is 9.47 Å². The van der Waals surface area contributed by atoms with E-state index in [1.54, 1.807) is 0 Å². The van der Waals surface area contributed by atoms with Crippen molar-refractivity contribution in [2.45, 2.75) is 31.5 Å². The molecule has 0 aromatic carbocycles. The fourth-order valence-electron chi connectivity index (χ4n) is 0.922. The van der Waals surface area contributed by atoms with Crippen LogP contribution in [-0.4, -0.2) is 48.5 Å². The molecule has 8 N–H and O–H groups in total. The monoisotopic (exact) mass is 290 g/mol. The molecule has 0 aliphatic rings. The maximum Gasteiger partial charge on any atom is 0.334 e. The van der Waals surface area contributed by atoms with Crippen molar-refractivity contribution in [2.75, 3.05) is 6.61 Å². The van der Waals surface area contributed by atoms with Crippen molar-refractivity contribution in [2.24, 2.45) is 22.9 Å². The van der Waals surface area contributed by atoms with Gasteiger partial charge in [-0.3, -0.25) is 9.59 Å². The number of carbonyl (C=O) groups is 4. The molecule has 0 spiro atoms. The smallest absolute Gasteiger partial charge is 0.334 e. The second-order valence-electron chi connectivity index (χ2n) is 4.04. The zero-order valence-corrected chi connectivity index (χ0v) is 10.9. The molecule has 10 nitrogen and oxygen atoms in total. The standard InChI is InChI=1S/C10H18N4O6/c1-4(11)8(16)19-3-6(13)10(18)20-9(17)5(12)2-7(14)15/h4-6H,2-3,11-13H2,1H3,(H2,14,15)/t4-,5-,6-/m0/s1. The lowest BCUT2D eigenvalue weighted by molar-refractivity contribution is -0.163. The SMILES string of the molecule is C[C@H](N)C(=O)OC[C@H](N)C(=O)OC(=O)[C@@H](N)CC(N)=O. The fraction of sp³-hybridized carbons (Fsp3) is 0.600. The summed E-state index contributed by atoms with van der Waals surface area (Å²) in [4.78, 5) is 44.2. The third-order valence-electron chi connectivity index (χ3n) is 2.00. The van der Waals surface area contributed by atoms with Gasteiger partial charge in [-0.05, 0) is 6.92 Å². The quantitative estimate of drug-likeness (QED) is 0.271. The van der Waals surface area contributed by atoms with Gasteiger partial charge in [0.05, 0.1) is 6.42 Å². The van der Waals surface area contributed by atoms with Gasteiger partial charge in [0.2, 0.25) is 5.91 Å². The molecule has 0 aromatic rings. The van der Waals surface area contributed by atoms with Crippen LogP contribution in [0.1, 0.15) is 13.3 Å². The number of esters is 3. The highest BCUT2D eigenvalue weighted by Crippen LogP contribution is 1.96. The average Bonchev–Trinajstić information content (AvgIpc) is 2.33. The Morgan fingerprint density at radius 3 is 1.90 bits per heavy atom. The summed E-state index contributed by atoms with van der Waals surface area (Å²) >= 11 is 0. The predicted molar refractivity (Wildman–Crippen MR) is 65.5 cm³/mol. The maximum absolute atomic E-state index is 11.4. The van der Waals surface area contributed by atoms with Crippen molar-refractivity contribution in [1.82, 2.24) is 0 Å². The van der Waals surface area contributed by atoms with Crippen molar-refractivity contribution in [3.63, 3.8) is 0 Å². The first-order valence-electron chi connectivity index (χ1n) is 5.62. The molecular weight excluding hydrogens is 272 g/mol. The summed E-state index contributed by atoms with van der Waals surface area (Å²) in [7, 11) is 0. The van der Waals surface area contributed by atoms with Gasteiger partial charge in [0, 0.05) is 0 Å². The number of hydrogen-bond acceptors (Lipinski definition) is 9. The Kier molecular flexibility index (Phi) is 7.36. The minimum atomic E-state index is -1.37. The molecule has 0 fully saturated rings. The Morgan fingerprint density at radius 2 is 1.45 bits per heavy atom. The van der Waals surface area contributed by atoms with Crippen LogP contribution < -0.4 is 22.9 Å². The van der Waals surface area contributed by atoms with Gasteiger partial charge >= 0.3 is 17.9 Å². The topological polar surface area (TPSA) is 191 Å². The van der Waals surface area contributed by atoms with Gasteiger partial charge in [-0.25, -0.2) is 9.59 Å². The van der Waals surface area contributed by atoms with Crippen LogP contribution in [0, 0.1) is 0 Å². The highest BCUT2D eigenvalue weighted by Gasteiger charge is 2.25. The number of ether oxygens (including phenoxy) is 2. The molecule has 0 heterocycles. The first-order chi connectivity index (χ1) is 9.15. The van der Waals surface area contributed by atoms with E-state index in [0.717, 1.165) is 0 Å². The van der Waals surface area contributed by atoms with Crippen LogP contribution in [0.4, 0.5) is 0 Å². The Balaban J connectivity index is 4.22. The Morgan fingerprint density at radius 1 is 0.950 bits per heavy atom. The van der Waals surface area contributed by atoms with E-state index in [1.807, 2.05) is 0 Å². The van der Waals surface area contributed by atoms with Gasteiger partial charge in [-0.2, -0.15) is 0 Å². The van der Waals surface area contributed by atoms with Gasteiger partial charge in [-0.15, -0.1) is 0 Å². The average molecular weight is 290 g/mol. The molecule has 0 saturated carbocycles. The number of carbonyl (C=O) groups excluding carboxylic acids is 4. The van der Waals surface area contributed by atoms with E-state index in [4.69, 9.17) is 22.9 Å². The molecule has 0 aliphatic carbocycles. The number of primary amides is 1. The van der Waals surface area contributed by atoms with Gasteiger partial charge in [0.1, 0.15) is 24.7 Å². The first kappa shape index (κ1) is 18.0. The molecule has 20 heavy (non-hydrogen) atoms. The molecule has 0 rings (SSSR count). The molecule has 0 aromatic heterocycles. The van der Waals surface area contributed by atoms with E-state index in [-0.39, 0.29) is 0 Å². The first-order valence-corrected chi connectivity index (χ1v) is 5.62. The highest BCUT2D eigenvalue weighted by atomic mass is 16.6. The largest absolute Gasteiger partial charge is 0.462 e. The summed E-state index contributed by atoms with van der Waals surface area (Å²) in [6.07, 6.45) is -0.471. The third kappa shape index (κ3) is 6.78. The van der Waals surface area contributed by atoms with Crippen LogP contribution in [0.15, 0.2) is 0 Å². The zero-order chi connectivity index (χ0) is 15.9. The Labute approximate surface area is 114 Å². The molecule has 3 atom stereocenters. The lowest BCUT2D eigenvalue weighted by atomic mass is 10.2. The van der Waals surface area contributed by atoms with E-state index < -0.39 is 55.0 Å². The summed E-state index contributed by atoms with van der Waals surface area (Å²) in [5.41, 5.74) is 20.6. The van der Waals surface area contributed by atoms with Gasteiger partial charge in [0.15, 0.2) is 0 Å². The summed E-state index contributed by atoms with van der Waals surface area (Å²) < 4.78 is 8.90. The van der Waals surface area contributed by atoms with Crippen LogP contribution >= 0.6 is 0 Å². The second-order valence-corrected chi connectivity index (χ2v) is 4.04. The van der Waals surface area contributed by atoms with Gasteiger partial charge in [0.25, 0.3) is 0 Å². The van der Waals surface area contributed by atoms with Crippen LogP contribution in [0.2, 0.25) is 0 Å². The molecule has 0 aliphatic heterocycles. The lowest BCUT2D eigenvalue weighted by Crippen LogP contribution is -2.44. The summed E-state index contributed by atoms with van der Waals surface area (Å²) in [5.74, 6) is -3.88. The second kappa shape index (κ2) is 8.19. The number of hydrogen-bond donors (Lipinski definition) is 4. The van der Waals surface area contributed by atoms with Crippen LogP contribution in [0.5, 0.6) is 0 Å². The Bertz CT molecular complexity index is 397. The number of nitrogens with two attached hydrogens (primary N) is 4. The molecular formula is C10H18N4O6. The summed E-state index contributed by atoms with van der Waals surface area (Å²) in [5, 5.41) is 0. The van der Waals surface area contributed by atoms with Crippen LogP contribution in [0.25, 0.3) is 0 Å². The van der Waals surface area contributed by atoms with E-state index >= 15 is 0 Å². The van der Waals surface area contributed by atoms with Crippen molar-refractivity contribution >= 4 is 23.8 Å². The molecule has 0 radical (unpaired) electrons. The van der Waals surface area contributed by atoms with Crippen LogP contribution in [-0.2, 0) is 28.7 Å². The number of amides is 1. The minimum Gasteiger partial charge on any atom is -0.462 e. The van der Waals surface area contributed by atoms with Gasteiger partial charge < -0.3 is 32.4 Å².